The van der Waals surface area contributed by atoms with E-state index in [1.807, 2.05) is 19.1 Å². The van der Waals surface area contributed by atoms with Crippen LogP contribution in [0.1, 0.15) is 57.1 Å². The molecule has 3 heterocycles. The van der Waals surface area contributed by atoms with E-state index in [2.05, 4.69) is 15.2 Å². The van der Waals surface area contributed by atoms with E-state index in [1.165, 1.54) is 0 Å². The van der Waals surface area contributed by atoms with Crippen molar-refractivity contribution in [2.75, 3.05) is 26.3 Å². The Bertz CT molecular complexity index is 669. The van der Waals surface area contributed by atoms with Gasteiger partial charge in [0.25, 0.3) is 0 Å². The Morgan fingerprint density at radius 2 is 1.97 bits per heavy atom. The van der Waals surface area contributed by atoms with Gasteiger partial charge in [0.05, 0.1) is 17.7 Å². The molecule has 0 aromatic carbocycles. The fourth-order valence-corrected chi connectivity index (χ4v) is 5.02. The molecule has 0 radical (unpaired) electrons. The molecule has 6 nitrogen and oxygen atoms in total. The number of pyridine rings is 1. The molecule has 160 valence electrons. The molecule has 1 aromatic heterocycles. The van der Waals surface area contributed by atoms with Gasteiger partial charge in [0.15, 0.2) is 0 Å². The van der Waals surface area contributed by atoms with Gasteiger partial charge in [-0.05, 0) is 77.0 Å². The Labute approximate surface area is 174 Å². The fraction of sp³-hybridized carbons (Fsp3) is 0.739. The van der Waals surface area contributed by atoms with Crippen LogP contribution in [-0.2, 0) is 9.53 Å². The van der Waals surface area contributed by atoms with Gasteiger partial charge >= 0.3 is 0 Å². The minimum absolute atomic E-state index is 0.138. The quantitative estimate of drug-likeness (QED) is 0.821. The lowest BCUT2D eigenvalue weighted by molar-refractivity contribution is -0.128. The summed E-state index contributed by atoms with van der Waals surface area (Å²) in [6, 6.07) is 4.80. The predicted molar refractivity (Wildman–Crippen MR) is 112 cm³/mol. The Morgan fingerprint density at radius 3 is 2.72 bits per heavy atom. The topological polar surface area (TPSA) is 63.7 Å². The van der Waals surface area contributed by atoms with Crippen LogP contribution in [0.25, 0.3) is 0 Å². The standard InChI is InChI=1S/C23H35N3O3/c1-17-22(5-2-12-24-17)29-21-8-6-19(7-9-21)25-23(27)18-4-3-13-26(16-18)20-10-14-28-15-11-20/h2,5,12,18-21H,3-4,6-11,13-16H2,1H3,(H,25,27). The van der Waals surface area contributed by atoms with Crippen LogP contribution < -0.4 is 10.1 Å². The van der Waals surface area contributed by atoms with Crippen molar-refractivity contribution in [3.05, 3.63) is 24.0 Å². The molecule has 1 amide bonds. The van der Waals surface area contributed by atoms with Crippen LogP contribution in [-0.4, -0.2) is 60.3 Å². The number of hydrogen-bond acceptors (Lipinski definition) is 5. The van der Waals surface area contributed by atoms with Crippen molar-refractivity contribution in [3.63, 3.8) is 0 Å². The molecule has 1 aromatic rings. The summed E-state index contributed by atoms with van der Waals surface area (Å²) in [5.41, 5.74) is 0.939. The second kappa shape index (κ2) is 9.90. The summed E-state index contributed by atoms with van der Waals surface area (Å²) < 4.78 is 11.6. The average Bonchev–Trinajstić information content (AvgIpc) is 2.77. The molecule has 1 N–H and O–H groups in total. The van der Waals surface area contributed by atoms with Gasteiger partial charge in [-0.25, -0.2) is 0 Å². The van der Waals surface area contributed by atoms with Gasteiger partial charge in [-0.1, -0.05) is 0 Å². The number of aromatic nitrogens is 1. The molecule has 2 saturated heterocycles. The first-order valence-electron chi connectivity index (χ1n) is 11.4. The maximum absolute atomic E-state index is 12.9. The SMILES string of the molecule is Cc1ncccc1OC1CCC(NC(=O)C2CCCN(C3CCOCC3)C2)CC1. The summed E-state index contributed by atoms with van der Waals surface area (Å²) >= 11 is 0. The van der Waals surface area contributed by atoms with Gasteiger partial charge in [0.1, 0.15) is 5.75 Å². The molecule has 4 rings (SSSR count). The summed E-state index contributed by atoms with van der Waals surface area (Å²) in [6.45, 7) is 5.75. The highest BCUT2D eigenvalue weighted by Crippen LogP contribution is 2.27. The highest BCUT2D eigenvalue weighted by atomic mass is 16.5. The lowest BCUT2D eigenvalue weighted by atomic mass is 9.90. The van der Waals surface area contributed by atoms with E-state index in [0.29, 0.717) is 6.04 Å². The smallest absolute Gasteiger partial charge is 0.224 e. The fourth-order valence-electron chi connectivity index (χ4n) is 5.02. The van der Waals surface area contributed by atoms with Gasteiger partial charge in [-0.15, -0.1) is 0 Å². The van der Waals surface area contributed by atoms with Crippen molar-refractivity contribution in [2.45, 2.75) is 76.5 Å². The number of ether oxygens (including phenoxy) is 2. The molecule has 1 unspecified atom stereocenters. The van der Waals surface area contributed by atoms with Crippen LogP contribution in [0.2, 0.25) is 0 Å². The third kappa shape index (κ3) is 5.48. The first-order chi connectivity index (χ1) is 14.2. The van der Waals surface area contributed by atoms with Crippen molar-refractivity contribution in [2.24, 2.45) is 5.92 Å². The van der Waals surface area contributed by atoms with Crippen molar-refractivity contribution < 1.29 is 14.3 Å². The second-order valence-corrected chi connectivity index (χ2v) is 8.86. The average molecular weight is 402 g/mol. The van der Waals surface area contributed by atoms with Gasteiger partial charge in [-0.2, -0.15) is 0 Å². The van der Waals surface area contributed by atoms with Crippen molar-refractivity contribution in [3.8, 4) is 5.75 Å². The number of carbonyl (C=O) groups excluding carboxylic acids is 1. The number of piperidine rings is 1. The van der Waals surface area contributed by atoms with Crippen LogP contribution >= 0.6 is 0 Å². The van der Waals surface area contributed by atoms with Crippen LogP contribution in [0.15, 0.2) is 18.3 Å². The van der Waals surface area contributed by atoms with Crippen LogP contribution in [0.3, 0.4) is 0 Å². The number of nitrogens with one attached hydrogen (secondary N) is 1. The van der Waals surface area contributed by atoms with Gasteiger partial charge in [0.2, 0.25) is 5.91 Å². The minimum Gasteiger partial charge on any atom is -0.489 e. The maximum Gasteiger partial charge on any atom is 0.224 e. The molecule has 1 aliphatic carbocycles. The number of hydrogen-bond donors (Lipinski definition) is 1. The Balaban J connectivity index is 1.21. The van der Waals surface area contributed by atoms with E-state index in [1.54, 1.807) is 6.20 Å². The predicted octanol–water partition coefficient (Wildman–Crippen LogP) is 3.09. The van der Waals surface area contributed by atoms with E-state index < -0.39 is 0 Å². The van der Waals surface area contributed by atoms with Gasteiger partial charge < -0.3 is 14.8 Å². The lowest BCUT2D eigenvalue weighted by Crippen LogP contribution is -2.50. The van der Waals surface area contributed by atoms with E-state index in [9.17, 15) is 4.79 Å². The maximum atomic E-state index is 12.9. The molecule has 2 aliphatic heterocycles. The summed E-state index contributed by atoms with van der Waals surface area (Å²) in [6.07, 6.45) is 10.3. The Hall–Kier alpha value is -1.66. The molecule has 6 heteroatoms. The van der Waals surface area contributed by atoms with Gasteiger partial charge in [0, 0.05) is 38.0 Å². The zero-order valence-electron chi connectivity index (χ0n) is 17.6. The number of aryl methyl sites for hydroxylation is 1. The van der Waals surface area contributed by atoms with E-state index in [0.717, 1.165) is 89.1 Å². The molecule has 0 spiro atoms. The van der Waals surface area contributed by atoms with Crippen molar-refractivity contribution in [1.82, 2.24) is 15.2 Å². The number of nitrogens with zero attached hydrogens (tertiary/aromatic N) is 2. The summed E-state index contributed by atoms with van der Waals surface area (Å²) in [5, 5.41) is 3.35. The normalized spacial score (nSPS) is 29.3. The molecular weight excluding hydrogens is 366 g/mol. The summed E-state index contributed by atoms with van der Waals surface area (Å²) in [4.78, 5) is 19.7. The number of amides is 1. The highest BCUT2D eigenvalue weighted by Gasteiger charge is 2.32. The Kier molecular flexibility index (Phi) is 7.03. The number of rotatable bonds is 5. The van der Waals surface area contributed by atoms with Crippen molar-refractivity contribution in [1.29, 1.82) is 0 Å². The second-order valence-electron chi connectivity index (χ2n) is 8.86. The minimum atomic E-state index is 0.138. The molecule has 29 heavy (non-hydrogen) atoms. The number of carbonyl (C=O) groups is 1. The largest absolute Gasteiger partial charge is 0.489 e. The van der Waals surface area contributed by atoms with Crippen LogP contribution in [0.5, 0.6) is 5.75 Å². The molecule has 1 saturated carbocycles. The molecule has 0 bridgehead atoms. The monoisotopic (exact) mass is 401 g/mol. The first kappa shape index (κ1) is 20.6. The van der Waals surface area contributed by atoms with E-state index in [-0.39, 0.29) is 24.0 Å². The third-order valence-electron chi connectivity index (χ3n) is 6.80. The first-order valence-corrected chi connectivity index (χ1v) is 11.4. The summed E-state index contributed by atoms with van der Waals surface area (Å²) in [5.74, 6) is 1.28. The van der Waals surface area contributed by atoms with E-state index >= 15 is 0 Å². The zero-order chi connectivity index (χ0) is 20.1. The third-order valence-corrected chi connectivity index (χ3v) is 6.80. The van der Waals surface area contributed by atoms with Gasteiger partial charge in [-0.3, -0.25) is 14.7 Å². The molecule has 3 fully saturated rings. The molecule has 1 atom stereocenters. The lowest BCUT2D eigenvalue weighted by Gasteiger charge is -2.40. The number of likely N-dealkylation sites (tertiary alicyclic amines) is 1. The summed E-state index contributed by atoms with van der Waals surface area (Å²) in [7, 11) is 0. The zero-order valence-corrected chi connectivity index (χ0v) is 17.6. The van der Waals surface area contributed by atoms with Crippen LogP contribution in [0.4, 0.5) is 0 Å². The molecular formula is C23H35N3O3. The Morgan fingerprint density at radius 1 is 1.17 bits per heavy atom. The van der Waals surface area contributed by atoms with E-state index in [4.69, 9.17) is 9.47 Å². The van der Waals surface area contributed by atoms with Crippen LogP contribution in [0, 0.1) is 12.8 Å². The van der Waals surface area contributed by atoms with Crippen molar-refractivity contribution >= 4 is 5.91 Å². The highest BCUT2D eigenvalue weighted by molar-refractivity contribution is 5.79. The molecule has 3 aliphatic rings.